The molecule has 110 valence electrons. The lowest BCUT2D eigenvalue weighted by Gasteiger charge is -2.18. The summed E-state index contributed by atoms with van der Waals surface area (Å²) in [5, 5.41) is 0.534. The van der Waals surface area contributed by atoms with E-state index in [-0.39, 0.29) is 0 Å². The molecule has 3 nitrogen and oxygen atoms in total. The number of rotatable bonds is 5. The lowest BCUT2D eigenvalue weighted by Crippen LogP contribution is -1.93. The van der Waals surface area contributed by atoms with Gasteiger partial charge in [-0.05, 0) is 29.3 Å². The van der Waals surface area contributed by atoms with Crippen LogP contribution in [0.4, 0.5) is 0 Å². The van der Waals surface area contributed by atoms with Gasteiger partial charge >= 0.3 is 7.60 Å². The molecule has 2 rings (SSSR count). The molecule has 0 heterocycles. The molecule has 0 bridgehead atoms. The normalized spacial score (nSPS) is 12.4. The zero-order valence-electron chi connectivity index (χ0n) is 11.8. The molecule has 0 aromatic heterocycles. The first-order valence-electron chi connectivity index (χ1n) is 6.34. The minimum absolute atomic E-state index is 0.534. The van der Waals surface area contributed by atoms with Crippen LogP contribution in [0.2, 0.25) is 0 Å². The monoisotopic (exact) mass is 366 g/mol. The van der Waals surface area contributed by atoms with Gasteiger partial charge in [0.2, 0.25) is 0 Å². The van der Waals surface area contributed by atoms with E-state index in [1.807, 2.05) is 60.7 Å². The summed E-state index contributed by atoms with van der Waals surface area (Å²) in [6.45, 7) is 0. The van der Waals surface area contributed by atoms with E-state index < -0.39 is 7.60 Å². The van der Waals surface area contributed by atoms with Crippen molar-refractivity contribution in [1.29, 1.82) is 0 Å². The Labute approximate surface area is 133 Å². The Morgan fingerprint density at radius 1 is 1.00 bits per heavy atom. The minimum atomic E-state index is -3.35. The van der Waals surface area contributed by atoms with Crippen molar-refractivity contribution in [3.05, 3.63) is 70.2 Å². The average molecular weight is 367 g/mol. The first-order chi connectivity index (χ1) is 10.1. The molecule has 0 saturated carbocycles. The summed E-state index contributed by atoms with van der Waals surface area (Å²) < 4.78 is 24.1. The van der Waals surface area contributed by atoms with Crippen molar-refractivity contribution < 1.29 is 13.6 Å². The SMILES string of the molecule is COP(=O)(OC)/C(=C/c1ccccc1)c1ccc(Br)cc1. The fourth-order valence-electron chi connectivity index (χ4n) is 1.92. The Kier molecular flexibility index (Phi) is 5.54. The van der Waals surface area contributed by atoms with Crippen LogP contribution in [0.3, 0.4) is 0 Å². The molecule has 0 amide bonds. The molecule has 0 aliphatic carbocycles. The van der Waals surface area contributed by atoms with Gasteiger partial charge in [0.15, 0.2) is 0 Å². The molecule has 0 atom stereocenters. The zero-order valence-corrected chi connectivity index (χ0v) is 14.3. The van der Waals surface area contributed by atoms with Gasteiger partial charge < -0.3 is 9.05 Å². The highest BCUT2D eigenvalue weighted by Crippen LogP contribution is 2.60. The van der Waals surface area contributed by atoms with Gasteiger partial charge in [0.1, 0.15) is 0 Å². The second kappa shape index (κ2) is 7.19. The Bertz CT molecular complexity index is 658. The maximum atomic E-state index is 12.8. The third kappa shape index (κ3) is 3.92. The highest BCUT2D eigenvalue weighted by molar-refractivity contribution is 9.10. The smallest absolute Gasteiger partial charge is 0.309 e. The van der Waals surface area contributed by atoms with E-state index in [1.165, 1.54) is 14.2 Å². The van der Waals surface area contributed by atoms with E-state index in [9.17, 15) is 4.57 Å². The summed E-state index contributed by atoms with van der Waals surface area (Å²) in [6, 6.07) is 17.2. The van der Waals surface area contributed by atoms with Gasteiger partial charge in [0, 0.05) is 18.7 Å². The average Bonchev–Trinajstić information content (AvgIpc) is 2.54. The number of hydrogen-bond donors (Lipinski definition) is 0. The summed E-state index contributed by atoms with van der Waals surface area (Å²) in [5.41, 5.74) is 1.74. The van der Waals surface area contributed by atoms with Crippen molar-refractivity contribution >= 4 is 34.9 Å². The third-order valence-corrected chi connectivity index (χ3v) is 5.49. The maximum Gasteiger partial charge on any atom is 0.361 e. The number of benzene rings is 2. The Balaban J connectivity index is 2.57. The summed E-state index contributed by atoms with van der Waals surface area (Å²) in [5.74, 6) is 0. The summed E-state index contributed by atoms with van der Waals surface area (Å²) >= 11 is 3.39. The fourth-order valence-corrected chi connectivity index (χ4v) is 3.50. The Morgan fingerprint density at radius 3 is 2.10 bits per heavy atom. The lowest BCUT2D eigenvalue weighted by molar-refractivity contribution is 0.288. The van der Waals surface area contributed by atoms with E-state index >= 15 is 0 Å². The quantitative estimate of drug-likeness (QED) is 0.522. The molecule has 2 aromatic rings. The van der Waals surface area contributed by atoms with Crippen LogP contribution in [-0.2, 0) is 13.6 Å². The highest BCUT2D eigenvalue weighted by atomic mass is 79.9. The largest absolute Gasteiger partial charge is 0.361 e. The summed E-state index contributed by atoms with van der Waals surface area (Å²) in [6.07, 6.45) is 1.83. The van der Waals surface area contributed by atoms with Crippen LogP contribution in [0.1, 0.15) is 11.1 Å². The first-order valence-corrected chi connectivity index (χ1v) is 8.67. The Morgan fingerprint density at radius 2 is 1.57 bits per heavy atom. The van der Waals surface area contributed by atoms with Gasteiger partial charge in [0.25, 0.3) is 0 Å². The summed E-state index contributed by atoms with van der Waals surface area (Å²) in [7, 11) is -0.566. The van der Waals surface area contributed by atoms with Crippen molar-refractivity contribution in [2.45, 2.75) is 0 Å². The minimum Gasteiger partial charge on any atom is -0.309 e. The second-order valence-corrected chi connectivity index (χ2v) is 7.43. The van der Waals surface area contributed by atoms with Crippen LogP contribution in [0.15, 0.2) is 59.1 Å². The second-order valence-electron chi connectivity index (χ2n) is 4.31. The van der Waals surface area contributed by atoms with E-state index in [4.69, 9.17) is 9.05 Å². The van der Waals surface area contributed by atoms with Gasteiger partial charge in [-0.1, -0.05) is 58.4 Å². The van der Waals surface area contributed by atoms with Gasteiger partial charge in [-0.25, -0.2) is 0 Å². The molecule has 0 unspecified atom stereocenters. The lowest BCUT2D eigenvalue weighted by atomic mass is 10.1. The molecule has 0 radical (unpaired) electrons. The van der Waals surface area contributed by atoms with Crippen LogP contribution in [0, 0.1) is 0 Å². The highest BCUT2D eigenvalue weighted by Gasteiger charge is 2.28. The van der Waals surface area contributed by atoms with Gasteiger partial charge in [-0.15, -0.1) is 0 Å². The van der Waals surface area contributed by atoms with E-state index in [1.54, 1.807) is 0 Å². The van der Waals surface area contributed by atoms with Gasteiger partial charge in [-0.2, -0.15) is 0 Å². The van der Waals surface area contributed by atoms with Gasteiger partial charge in [0.05, 0.1) is 5.31 Å². The predicted molar refractivity (Wildman–Crippen MR) is 90.1 cm³/mol. The van der Waals surface area contributed by atoms with Crippen molar-refractivity contribution in [3.8, 4) is 0 Å². The molecule has 0 N–H and O–H groups in total. The Hall–Kier alpha value is -1.19. The fraction of sp³-hybridized carbons (Fsp3) is 0.125. The predicted octanol–water partition coefficient (Wildman–Crippen LogP) is 5.43. The van der Waals surface area contributed by atoms with Crippen molar-refractivity contribution in [3.63, 3.8) is 0 Å². The van der Waals surface area contributed by atoms with Crippen LogP contribution in [0.25, 0.3) is 11.4 Å². The zero-order chi connectivity index (χ0) is 15.3. The molecule has 0 spiro atoms. The van der Waals surface area contributed by atoms with Crippen LogP contribution < -0.4 is 0 Å². The molecule has 2 aromatic carbocycles. The number of hydrogen-bond acceptors (Lipinski definition) is 3. The molecule has 0 aliphatic rings. The first kappa shape index (κ1) is 16.2. The van der Waals surface area contributed by atoms with Gasteiger partial charge in [-0.3, -0.25) is 4.57 Å². The molecular weight excluding hydrogens is 351 g/mol. The van der Waals surface area contributed by atoms with Crippen molar-refractivity contribution in [2.75, 3.05) is 14.2 Å². The maximum absolute atomic E-state index is 12.8. The van der Waals surface area contributed by atoms with Crippen molar-refractivity contribution in [1.82, 2.24) is 0 Å². The van der Waals surface area contributed by atoms with E-state index in [0.717, 1.165) is 15.6 Å². The standard InChI is InChI=1S/C16H16BrO3P/c1-19-21(18,20-2)16(12-13-6-4-3-5-7-13)14-8-10-15(17)11-9-14/h3-12H,1-2H3/b16-12+. The number of halogens is 1. The molecular formula is C16H16BrO3P. The molecule has 0 fully saturated rings. The van der Waals surface area contributed by atoms with Crippen LogP contribution in [-0.4, -0.2) is 14.2 Å². The topological polar surface area (TPSA) is 35.5 Å². The van der Waals surface area contributed by atoms with E-state index in [0.29, 0.717) is 5.31 Å². The molecule has 0 saturated heterocycles. The molecule has 0 aliphatic heterocycles. The van der Waals surface area contributed by atoms with Crippen molar-refractivity contribution in [2.24, 2.45) is 0 Å². The molecule has 5 heteroatoms. The van der Waals surface area contributed by atoms with Crippen LogP contribution >= 0.6 is 23.5 Å². The molecule has 21 heavy (non-hydrogen) atoms. The van der Waals surface area contributed by atoms with Crippen LogP contribution in [0.5, 0.6) is 0 Å². The summed E-state index contributed by atoms with van der Waals surface area (Å²) in [4.78, 5) is 0. The van der Waals surface area contributed by atoms with E-state index in [2.05, 4.69) is 15.9 Å². The third-order valence-electron chi connectivity index (χ3n) is 3.02.